The normalized spacial score (nSPS) is 25.1. The van der Waals surface area contributed by atoms with E-state index in [0.29, 0.717) is 11.7 Å². The van der Waals surface area contributed by atoms with Crippen molar-refractivity contribution < 1.29 is 4.79 Å². The summed E-state index contributed by atoms with van der Waals surface area (Å²) in [7, 11) is 0. The molecule has 1 aromatic rings. The molecule has 92 valence electrons. The summed E-state index contributed by atoms with van der Waals surface area (Å²) in [4.78, 5) is 18.0. The third-order valence-electron chi connectivity index (χ3n) is 3.56. The zero-order valence-corrected chi connectivity index (χ0v) is 9.72. The molecule has 2 heterocycles. The van der Waals surface area contributed by atoms with Gasteiger partial charge in [-0.25, -0.2) is 4.98 Å². The number of aromatic nitrogens is 3. The van der Waals surface area contributed by atoms with E-state index in [0.717, 1.165) is 19.1 Å². The van der Waals surface area contributed by atoms with Crippen molar-refractivity contribution in [3.05, 3.63) is 12.2 Å². The van der Waals surface area contributed by atoms with Crippen molar-refractivity contribution in [1.82, 2.24) is 25.4 Å². The Morgan fingerprint density at radius 1 is 1.53 bits per heavy atom. The number of amides is 1. The van der Waals surface area contributed by atoms with Crippen molar-refractivity contribution in [2.24, 2.45) is 5.92 Å². The van der Waals surface area contributed by atoms with E-state index in [1.54, 1.807) is 0 Å². The Hall–Kier alpha value is -1.43. The van der Waals surface area contributed by atoms with Crippen LogP contribution in [0.25, 0.3) is 0 Å². The van der Waals surface area contributed by atoms with Gasteiger partial charge in [0.05, 0.1) is 0 Å². The summed E-state index contributed by atoms with van der Waals surface area (Å²) in [6, 6.07) is 0.838. The number of rotatable bonds is 4. The van der Waals surface area contributed by atoms with Gasteiger partial charge in [0.2, 0.25) is 5.82 Å². The molecule has 6 nitrogen and oxygen atoms in total. The number of carbonyl (C=O) groups excluding carboxylic acids is 1. The topological polar surface area (TPSA) is 73.9 Å². The van der Waals surface area contributed by atoms with Gasteiger partial charge < -0.3 is 10.2 Å². The molecule has 1 aromatic heterocycles. The molecule has 1 unspecified atom stereocenters. The van der Waals surface area contributed by atoms with E-state index in [9.17, 15) is 4.79 Å². The van der Waals surface area contributed by atoms with E-state index in [4.69, 9.17) is 0 Å². The van der Waals surface area contributed by atoms with Gasteiger partial charge in [-0.3, -0.25) is 9.89 Å². The van der Waals surface area contributed by atoms with Crippen molar-refractivity contribution in [2.75, 3.05) is 19.6 Å². The summed E-state index contributed by atoms with van der Waals surface area (Å²) < 4.78 is 0. The molecule has 6 heteroatoms. The van der Waals surface area contributed by atoms with Crippen LogP contribution in [-0.4, -0.2) is 51.7 Å². The van der Waals surface area contributed by atoms with E-state index in [2.05, 4.69) is 25.4 Å². The summed E-state index contributed by atoms with van der Waals surface area (Å²) in [5.41, 5.74) is 0. The third kappa shape index (κ3) is 2.46. The second-order valence-corrected chi connectivity index (χ2v) is 4.92. The Balaban J connectivity index is 1.44. The molecule has 2 N–H and O–H groups in total. The number of hydrogen-bond acceptors (Lipinski definition) is 4. The largest absolute Gasteiger partial charge is 0.349 e. The molecular formula is C11H17N5O. The lowest BCUT2D eigenvalue weighted by Gasteiger charge is -2.14. The Bertz CT molecular complexity index is 387. The van der Waals surface area contributed by atoms with Crippen molar-refractivity contribution in [3.8, 4) is 0 Å². The molecule has 0 bridgehead atoms. The summed E-state index contributed by atoms with van der Waals surface area (Å²) in [6.45, 7) is 3.05. The van der Waals surface area contributed by atoms with Gasteiger partial charge in [0.1, 0.15) is 6.33 Å². The predicted molar refractivity (Wildman–Crippen MR) is 61.4 cm³/mol. The maximum absolute atomic E-state index is 11.6. The molecule has 0 aromatic carbocycles. The summed E-state index contributed by atoms with van der Waals surface area (Å²) in [6.07, 6.45) is 5.25. The monoisotopic (exact) mass is 235 g/mol. The number of carbonyl (C=O) groups is 1. The molecule has 0 radical (unpaired) electrons. The number of nitrogens with one attached hydrogen (secondary N) is 2. The van der Waals surface area contributed by atoms with Crippen LogP contribution in [0.2, 0.25) is 0 Å². The molecule has 1 saturated carbocycles. The fourth-order valence-electron chi connectivity index (χ4n) is 2.44. The molecule has 1 atom stereocenters. The number of likely N-dealkylation sites (tertiary alicyclic amines) is 1. The van der Waals surface area contributed by atoms with E-state index < -0.39 is 0 Å². The zero-order valence-electron chi connectivity index (χ0n) is 9.72. The lowest BCUT2D eigenvalue weighted by molar-refractivity contribution is 0.0937. The molecule has 1 saturated heterocycles. The number of H-pyrrole nitrogens is 1. The Labute approximate surface area is 99.8 Å². The fourth-order valence-corrected chi connectivity index (χ4v) is 2.44. The SMILES string of the molecule is O=C(NCC1CCN(C2CC2)C1)c1ncn[nH]1. The average molecular weight is 235 g/mol. The molecular weight excluding hydrogens is 218 g/mol. The average Bonchev–Trinajstić information content (AvgIpc) is 2.88. The number of aromatic amines is 1. The second-order valence-electron chi connectivity index (χ2n) is 4.92. The lowest BCUT2D eigenvalue weighted by atomic mass is 10.1. The van der Waals surface area contributed by atoms with Gasteiger partial charge in [-0.15, -0.1) is 0 Å². The van der Waals surface area contributed by atoms with Gasteiger partial charge >= 0.3 is 0 Å². The maximum Gasteiger partial charge on any atom is 0.288 e. The van der Waals surface area contributed by atoms with Crippen molar-refractivity contribution in [3.63, 3.8) is 0 Å². The van der Waals surface area contributed by atoms with E-state index in [-0.39, 0.29) is 5.91 Å². The first-order valence-corrected chi connectivity index (χ1v) is 6.20. The van der Waals surface area contributed by atoms with Crippen LogP contribution in [0.1, 0.15) is 29.9 Å². The predicted octanol–water partition coefficient (Wildman–Crippen LogP) is 0.0188. The van der Waals surface area contributed by atoms with Gasteiger partial charge in [0, 0.05) is 19.1 Å². The van der Waals surface area contributed by atoms with E-state index in [1.807, 2.05) is 0 Å². The maximum atomic E-state index is 11.6. The molecule has 1 amide bonds. The van der Waals surface area contributed by atoms with Gasteiger partial charge in [-0.05, 0) is 31.7 Å². The quantitative estimate of drug-likeness (QED) is 0.771. The summed E-state index contributed by atoms with van der Waals surface area (Å²) >= 11 is 0. The van der Waals surface area contributed by atoms with Crippen molar-refractivity contribution in [2.45, 2.75) is 25.3 Å². The van der Waals surface area contributed by atoms with Crippen LogP contribution in [0.4, 0.5) is 0 Å². The molecule has 1 aliphatic carbocycles. The van der Waals surface area contributed by atoms with Crippen LogP contribution in [0.3, 0.4) is 0 Å². The Morgan fingerprint density at radius 2 is 2.41 bits per heavy atom. The van der Waals surface area contributed by atoms with Crippen LogP contribution in [0.15, 0.2) is 6.33 Å². The minimum Gasteiger partial charge on any atom is -0.349 e. The third-order valence-corrected chi connectivity index (χ3v) is 3.56. The van der Waals surface area contributed by atoms with E-state index >= 15 is 0 Å². The van der Waals surface area contributed by atoms with Crippen molar-refractivity contribution in [1.29, 1.82) is 0 Å². The van der Waals surface area contributed by atoms with Crippen molar-refractivity contribution >= 4 is 5.91 Å². The highest BCUT2D eigenvalue weighted by Crippen LogP contribution is 2.31. The minimum absolute atomic E-state index is 0.160. The zero-order chi connectivity index (χ0) is 11.7. The smallest absolute Gasteiger partial charge is 0.288 e. The van der Waals surface area contributed by atoms with Gasteiger partial charge in [-0.1, -0.05) is 0 Å². The second kappa shape index (κ2) is 4.44. The summed E-state index contributed by atoms with van der Waals surface area (Å²) in [5, 5.41) is 9.13. The highest BCUT2D eigenvalue weighted by Gasteiger charge is 2.34. The molecule has 2 fully saturated rings. The van der Waals surface area contributed by atoms with Gasteiger partial charge in [0.15, 0.2) is 0 Å². The van der Waals surface area contributed by atoms with Crippen LogP contribution < -0.4 is 5.32 Å². The molecule has 1 aliphatic heterocycles. The first-order chi connectivity index (χ1) is 8.33. The van der Waals surface area contributed by atoms with Gasteiger partial charge in [0.25, 0.3) is 5.91 Å². The number of nitrogens with zero attached hydrogens (tertiary/aromatic N) is 3. The minimum atomic E-state index is -0.160. The first-order valence-electron chi connectivity index (χ1n) is 6.20. The molecule has 0 spiro atoms. The Morgan fingerprint density at radius 3 is 3.12 bits per heavy atom. The lowest BCUT2D eigenvalue weighted by Crippen LogP contribution is -2.32. The Kier molecular flexibility index (Phi) is 2.80. The highest BCUT2D eigenvalue weighted by molar-refractivity contribution is 5.90. The standard InChI is InChI=1S/C11H17N5O/c17-11(10-13-7-14-15-10)12-5-8-3-4-16(6-8)9-1-2-9/h7-9H,1-6H2,(H,12,17)(H,13,14,15). The summed E-state index contributed by atoms with van der Waals surface area (Å²) in [5.74, 6) is 0.719. The number of hydrogen-bond donors (Lipinski definition) is 2. The van der Waals surface area contributed by atoms with E-state index in [1.165, 1.54) is 32.1 Å². The highest BCUT2D eigenvalue weighted by atomic mass is 16.2. The van der Waals surface area contributed by atoms with Crippen LogP contribution in [0, 0.1) is 5.92 Å². The van der Waals surface area contributed by atoms with Gasteiger partial charge in [-0.2, -0.15) is 5.10 Å². The molecule has 2 aliphatic rings. The molecule has 3 rings (SSSR count). The van der Waals surface area contributed by atoms with Crippen LogP contribution in [-0.2, 0) is 0 Å². The van der Waals surface area contributed by atoms with Crippen LogP contribution in [0.5, 0.6) is 0 Å². The van der Waals surface area contributed by atoms with Crippen LogP contribution >= 0.6 is 0 Å². The molecule has 17 heavy (non-hydrogen) atoms. The fraction of sp³-hybridized carbons (Fsp3) is 0.727. The first kappa shape index (κ1) is 10.7.